The molecule has 2 aromatic rings. The van der Waals surface area contributed by atoms with Gasteiger partial charge in [-0.3, -0.25) is 4.79 Å². The highest BCUT2D eigenvalue weighted by Gasteiger charge is 2.13. The van der Waals surface area contributed by atoms with Crippen LogP contribution in [0.25, 0.3) is 0 Å². The van der Waals surface area contributed by atoms with Crippen LogP contribution in [0, 0.1) is 0 Å². The van der Waals surface area contributed by atoms with Crippen LogP contribution < -0.4 is 5.32 Å². The van der Waals surface area contributed by atoms with Crippen molar-refractivity contribution in [3.63, 3.8) is 0 Å². The largest absolute Gasteiger partial charge is 0.345 e. The van der Waals surface area contributed by atoms with E-state index in [0.717, 1.165) is 12.0 Å². The summed E-state index contributed by atoms with van der Waals surface area (Å²) in [5.41, 5.74) is 4.77. The Balaban J connectivity index is 2.20. The molecule has 1 amide bonds. The molecule has 0 saturated heterocycles. The molecule has 0 aliphatic rings. The average Bonchev–Trinajstić information content (AvgIpc) is 2.49. The van der Waals surface area contributed by atoms with Crippen molar-refractivity contribution in [3.05, 3.63) is 90.2 Å². The monoisotopic (exact) mass is 263 g/mol. The molecule has 2 heteroatoms. The number of amides is 1. The second-order valence-electron chi connectivity index (χ2n) is 4.51. The van der Waals surface area contributed by atoms with Gasteiger partial charge in [-0.25, -0.2) is 0 Å². The van der Waals surface area contributed by atoms with Gasteiger partial charge in [0.05, 0.1) is 6.04 Å². The number of carbonyl (C=O) groups excluding carboxylic acids is 1. The van der Waals surface area contributed by atoms with Crippen LogP contribution in [-0.4, -0.2) is 5.91 Å². The van der Waals surface area contributed by atoms with Crippen molar-refractivity contribution in [3.8, 4) is 0 Å². The van der Waals surface area contributed by atoms with E-state index < -0.39 is 0 Å². The molecular weight excluding hydrogens is 246 g/mol. The third-order valence-corrected chi connectivity index (χ3v) is 3.03. The maximum atomic E-state index is 11.7. The summed E-state index contributed by atoms with van der Waals surface area (Å²) in [5, 5.41) is 2.99. The first kappa shape index (κ1) is 13.9. The summed E-state index contributed by atoms with van der Waals surface area (Å²) in [5.74, 6) is -0.176. The molecule has 0 aromatic heterocycles. The van der Waals surface area contributed by atoms with Crippen LogP contribution in [0.3, 0.4) is 0 Å². The van der Waals surface area contributed by atoms with Crippen LogP contribution in [0.4, 0.5) is 0 Å². The molecular formula is C18H17NO. The van der Waals surface area contributed by atoms with Gasteiger partial charge in [-0.2, -0.15) is 0 Å². The van der Waals surface area contributed by atoms with Crippen LogP contribution in [0.15, 0.2) is 79.0 Å². The van der Waals surface area contributed by atoms with Crippen molar-refractivity contribution in [2.24, 2.45) is 0 Å². The minimum atomic E-state index is -0.176. The van der Waals surface area contributed by atoms with E-state index in [1.807, 2.05) is 48.5 Å². The van der Waals surface area contributed by atoms with Crippen molar-refractivity contribution >= 4 is 5.91 Å². The van der Waals surface area contributed by atoms with Crippen LogP contribution in [0.2, 0.25) is 0 Å². The molecule has 100 valence electrons. The first-order valence-electron chi connectivity index (χ1n) is 6.55. The summed E-state index contributed by atoms with van der Waals surface area (Å²) in [4.78, 5) is 11.7. The summed E-state index contributed by atoms with van der Waals surface area (Å²) in [6.45, 7) is 3.42. The zero-order valence-corrected chi connectivity index (χ0v) is 11.3. The van der Waals surface area contributed by atoms with Gasteiger partial charge in [-0.05, 0) is 17.5 Å². The lowest BCUT2D eigenvalue weighted by Gasteiger charge is -2.18. The molecule has 0 aliphatic heterocycles. The lowest BCUT2D eigenvalue weighted by molar-refractivity contribution is -0.117. The van der Waals surface area contributed by atoms with E-state index in [1.54, 1.807) is 0 Å². The Labute approximate surface area is 119 Å². The second kappa shape index (κ2) is 7.13. The Kier molecular flexibility index (Phi) is 4.94. The minimum Gasteiger partial charge on any atom is -0.345 e. The molecule has 1 N–H and O–H groups in total. The third-order valence-electron chi connectivity index (χ3n) is 3.03. The Bertz CT molecular complexity index is 598. The summed E-state index contributed by atoms with van der Waals surface area (Å²) in [7, 11) is 0. The zero-order chi connectivity index (χ0) is 14.2. The Morgan fingerprint density at radius 2 is 1.70 bits per heavy atom. The predicted molar refractivity (Wildman–Crippen MR) is 81.2 cm³/mol. The van der Waals surface area contributed by atoms with Gasteiger partial charge in [0.1, 0.15) is 0 Å². The fraction of sp³-hybridized carbons (Fsp3) is 0.111. The van der Waals surface area contributed by atoms with E-state index in [2.05, 4.69) is 29.8 Å². The highest BCUT2D eigenvalue weighted by Crippen LogP contribution is 2.18. The molecule has 2 rings (SSSR count). The standard InChI is InChI=1S/C18H17NO/c1-2-9-18(20)19-17(16-12-7-4-8-13-16)14-15-10-5-3-6-11-15/h3-13,17H,1,14H2,(H,19,20). The van der Waals surface area contributed by atoms with Crippen LogP contribution in [-0.2, 0) is 11.2 Å². The number of rotatable bonds is 5. The van der Waals surface area contributed by atoms with E-state index in [0.29, 0.717) is 0 Å². The van der Waals surface area contributed by atoms with Crippen molar-refractivity contribution in [2.75, 3.05) is 0 Å². The van der Waals surface area contributed by atoms with Gasteiger partial charge in [-0.1, -0.05) is 67.2 Å². The summed E-state index contributed by atoms with van der Waals surface area (Å²) in [6.07, 6.45) is 2.07. The predicted octanol–water partition coefficient (Wildman–Crippen LogP) is 3.43. The number of nitrogens with one attached hydrogen (secondary N) is 1. The van der Waals surface area contributed by atoms with Crippen molar-refractivity contribution in [2.45, 2.75) is 12.5 Å². The smallest absolute Gasteiger partial charge is 0.252 e. The van der Waals surface area contributed by atoms with Crippen molar-refractivity contribution in [1.29, 1.82) is 0 Å². The SMILES string of the molecule is C=C=CC(=O)NC(Cc1ccccc1)c1ccccc1. The van der Waals surface area contributed by atoms with Gasteiger partial charge in [0.15, 0.2) is 0 Å². The molecule has 1 atom stereocenters. The number of hydrogen-bond donors (Lipinski definition) is 1. The lowest BCUT2D eigenvalue weighted by atomic mass is 9.99. The Morgan fingerprint density at radius 1 is 1.10 bits per heavy atom. The fourth-order valence-electron chi connectivity index (χ4n) is 2.09. The van der Waals surface area contributed by atoms with E-state index in [1.165, 1.54) is 11.6 Å². The maximum Gasteiger partial charge on any atom is 0.252 e. The normalized spacial score (nSPS) is 11.2. The molecule has 0 aliphatic carbocycles. The van der Waals surface area contributed by atoms with Gasteiger partial charge in [0.2, 0.25) is 0 Å². The van der Waals surface area contributed by atoms with Gasteiger partial charge in [-0.15, -0.1) is 5.73 Å². The highest BCUT2D eigenvalue weighted by molar-refractivity contribution is 5.87. The maximum absolute atomic E-state index is 11.7. The van der Waals surface area contributed by atoms with Crippen LogP contribution in [0.1, 0.15) is 17.2 Å². The Morgan fingerprint density at radius 3 is 2.30 bits per heavy atom. The molecule has 20 heavy (non-hydrogen) atoms. The molecule has 0 fully saturated rings. The summed E-state index contributed by atoms with van der Waals surface area (Å²) < 4.78 is 0. The molecule has 2 aromatic carbocycles. The molecule has 0 bridgehead atoms. The zero-order valence-electron chi connectivity index (χ0n) is 11.3. The lowest BCUT2D eigenvalue weighted by Crippen LogP contribution is -2.28. The van der Waals surface area contributed by atoms with Gasteiger partial charge in [0, 0.05) is 6.08 Å². The number of hydrogen-bond acceptors (Lipinski definition) is 1. The van der Waals surface area contributed by atoms with E-state index in [4.69, 9.17) is 0 Å². The van der Waals surface area contributed by atoms with Gasteiger partial charge in [0.25, 0.3) is 5.91 Å². The van der Waals surface area contributed by atoms with Crippen molar-refractivity contribution < 1.29 is 4.79 Å². The average molecular weight is 263 g/mol. The summed E-state index contributed by atoms with van der Waals surface area (Å²) >= 11 is 0. The van der Waals surface area contributed by atoms with Gasteiger partial charge >= 0.3 is 0 Å². The van der Waals surface area contributed by atoms with Crippen LogP contribution >= 0.6 is 0 Å². The van der Waals surface area contributed by atoms with E-state index in [-0.39, 0.29) is 11.9 Å². The third kappa shape index (κ3) is 3.98. The molecule has 0 saturated carbocycles. The topological polar surface area (TPSA) is 29.1 Å². The van der Waals surface area contributed by atoms with E-state index in [9.17, 15) is 4.79 Å². The molecule has 0 heterocycles. The molecule has 1 unspecified atom stereocenters. The fourth-order valence-corrected chi connectivity index (χ4v) is 2.09. The first-order valence-corrected chi connectivity index (χ1v) is 6.55. The quantitative estimate of drug-likeness (QED) is 0.650. The first-order chi connectivity index (χ1) is 9.79. The second-order valence-corrected chi connectivity index (χ2v) is 4.51. The minimum absolute atomic E-state index is 0.0595. The van der Waals surface area contributed by atoms with Crippen molar-refractivity contribution in [1.82, 2.24) is 5.32 Å². The van der Waals surface area contributed by atoms with Gasteiger partial charge < -0.3 is 5.32 Å². The molecule has 2 nitrogen and oxygen atoms in total. The number of carbonyl (C=O) groups is 1. The number of benzene rings is 2. The highest BCUT2D eigenvalue weighted by atomic mass is 16.1. The van der Waals surface area contributed by atoms with E-state index >= 15 is 0 Å². The molecule has 0 radical (unpaired) electrons. The van der Waals surface area contributed by atoms with Crippen LogP contribution in [0.5, 0.6) is 0 Å². The Hall–Kier alpha value is -2.57. The molecule has 0 spiro atoms. The summed E-state index contributed by atoms with van der Waals surface area (Å²) in [6, 6.07) is 20.0.